The van der Waals surface area contributed by atoms with Crippen LogP contribution in [0.1, 0.15) is 11.5 Å². The van der Waals surface area contributed by atoms with Crippen molar-refractivity contribution in [3.05, 3.63) is 133 Å². The number of benzene rings is 6. The van der Waals surface area contributed by atoms with E-state index in [0.717, 1.165) is 22.1 Å². The summed E-state index contributed by atoms with van der Waals surface area (Å²) >= 11 is 0.194. The molecule has 7 aromatic rings. The molecule has 1 heterocycles. The van der Waals surface area contributed by atoms with E-state index < -0.39 is 0 Å². The van der Waals surface area contributed by atoms with E-state index in [0.29, 0.717) is 11.5 Å². The van der Waals surface area contributed by atoms with Crippen LogP contribution >= 0.6 is 20.2 Å². The van der Waals surface area contributed by atoms with Crippen LogP contribution in [0.2, 0.25) is 0 Å². The van der Waals surface area contributed by atoms with E-state index in [1.165, 1.54) is 32.3 Å². The molecular formula is C34H22Cl2FeN2O. The Morgan fingerprint density at radius 1 is 0.475 bits per heavy atom. The zero-order valence-corrected chi connectivity index (χ0v) is 23.7. The molecule has 7 rings (SSSR count). The summed E-state index contributed by atoms with van der Waals surface area (Å²) in [4.78, 5) is 9.50. The van der Waals surface area contributed by atoms with Crippen LogP contribution in [0, 0.1) is 0 Å². The fraction of sp³-hybridized carbons (Fsp3) is 0. The van der Waals surface area contributed by atoms with Gasteiger partial charge in [-0.15, -0.1) is 0 Å². The van der Waals surface area contributed by atoms with Crippen LogP contribution in [-0.2, 0) is 13.1 Å². The maximum absolute atomic E-state index is 5.99. The molecule has 0 aliphatic rings. The number of rotatable bonds is 4. The molecule has 0 aliphatic carbocycles. The summed E-state index contributed by atoms with van der Waals surface area (Å²) in [6.07, 6.45) is 3.54. The van der Waals surface area contributed by atoms with E-state index in [1.807, 2.05) is 36.4 Å². The maximum atomic E-state index is 5.99. The summed E-state index contributed by atoms with van der Waals surface area (Å²) in [5.41, 5.74) is 1.83. The zero-order chi connectivity index (χ0) is 27.3. The van der Waals surface area contributed by atoms with Gasteiger partial charge in [-0.2, -0.15) is 0 Å². The van der Waals surface area contributed by atoms with Crippen molar-refractivity contribution in [2.45, 2.75) is 0 Å². The second kappa shape index (κ2) is 12.1. The first-order valence-corrected chi connectivity index (χ1v) is 15.6. The Kier molecular flexibility index (Phi) is 7.94. The van der Waals surface area contributed by atoms with E-state index in [1.54, 1.807) is 12.4 Å². The van der Waals surface area contributed by atoms with Crippen molar-refractivity contribution in [2.75, 3.05) is 0 Å². The minimum atomic E-state index is 0.194. The molecule has 0 atom stereocenters. The van der Waals surface area contributed by atoms with Gasteiger partial charge in [0.15, 0.2) is 0 Å². The van der Waals surface area contributed by atoms with Crippen molar-refractivity contribution >= 4 is 87.1 Å². The predicted molar refractivity (Wildman–Crippen MR) is 168 cm³/mol. The molecule has 0 fully saturated rings. The Morgan fingerprint density at radius 3 is 1.27 bits per heavy atom. The standard InChI is InChI=1S/C34H22N2O.2ClH.Fe/c1-3-9-25-19-31-27(17-23(25)7-1)11-5-13-33(31)35-21-29-15-16-30(37-29)22-36-34-14-6-12-28-18-24-8-2-4-10-26(24)20-32(28)34;;;/h1-22H;2*1H;/q;;;+2/p-2. The van der Waals surface area contributed by atoms with Crippen molar-refractivity contribution in [2.24, 2.45) is 9.98 Å². The summed E-state index contributed by atoms with van der Waals surface area (Å²) in [5, 5.41) is 9.44. The van der Waals surface area contributed by atoms with Gasteiger partial charge in [0, 0.05) is 10.8 Å². The summed E-state index contributed by atoms with van der Waals surface area (Å²) in [7, 11) is 9.53. The first-order valence-electron chi connectivity index (χ1n) is 12.6. The molecule has 40 heavy (non-hydrogen) atoms. The van der Waals surface area contributed by atoms with Crippen LogP contribution in [0.5, 0.6) is 0 Å². The van der Waals surface area contributed by atoms with Gasteiger partial charge in [-0.3, -0.25) is 9.98 Å². The van der Waals surface area contributed by atoms with Gasteiger partial charge < -0.3 is 4.42 Å². The van der Waals surface area contributed by atoms with Crippen LogP contribution in [0.25, 0.3) is 43.1 Å². The van der Waals surface area contributed by atoms with E-state index >= 15 is 0 Å². The van der Waals surface area contributed by atoms with Crippen LogP contribution in [0.4, 0.5) is 11.4 Å². The van der Waals surface area contributed by atoms with E-state index in [2.05, 4.69) is 84.9 Å². The van der Waals surface area contributed by atoms with Crippen molar-refractivity contribution in [3.8, 4) is 0 Å². The molecule has 0 aliphatic heterocycles. The first kappa shape index (κ1) is 26.3. The number of furan rings is 1. The number of nitrogens with zero attached hydrogens (tertiary/aromatic N) is 2. The van der Waals surface area contributed by atoms with Gasteiger partial charge >= 0.3 is 33.3 Å². The topological polar surface area (TPSA) is 37.9 Å². The van der Waals surface area contributed by atoms with Crippen LogP contribution in [-0.4, -0.2) is 12.4 Å². The van der Waals surface area contributed by atoms with Crippen LogP contribution in [0.15, 0.2) is 136 Å². The third-order valence-electron chi connectivity index (χ3n) is 6.76. The summed E-state index contributed by atoms with van der Waals surface area (Å²) < 4.78 is 5.99. The molecule has 0 unspecified atom stereocenters. The van der Waals surface area contributed by atoms with Crippen molar-refractivity contribution in [1.82, 2.24) is 0 Å². The van der Waals surface area contributed by atoms with Gasteiger partial charge in [0.25, 0.3) is 0 Å². The molecule has 196 valence electrons. The number of hydrogen-bond donors (Lipinski definition) is 0. The molecule has 3 nitrogen and oxygen atoms in total. The number of hydrogen-bond acceptors (Lipinski definition) is 3. The molecular weight excluding hydrogens is 579 g/mol. The SMILES string of the molecule is C(=Nc1cccc2cc3ccccc3cc12)c1ccc(C=Nc2cccc3cc4ccccc4cc23)o1.[Cl][Fe][Cl]. The number of fused-ring (bicyclic) bond motifs is 4. The first-order chi connectivity index (χ1) is 19.7. The van der Waals surface area contributed by atoms with E-state index in [-0.39, 0.29) is 13.1 Å². The monoisotopic (exact) mass is 600 g/mol. The van der Waals surface area contributed by atoms with E-state index in [4.69, 9.17) is 34.6 Å². The predicted octanol–water partition coefficient (Wildman–Crippen LogP) is 10.8. The average molecular weight is 601 g/mol. The van der Waals surface area contributed by atoms with E-state index in [9.17, 15) is 0 Å². The normalized spacial score (nSPS) is 11.8. The summed E-state index contributed by atoms with van der Waals surface area (Å²) in [5.74, 6) is 1.37. The Labute approximate surface area is 246 Å². The summed E-state index contributed by atoms with van der Waals surface area (Å²) in [6, 6.07) is 41.8. The molecule has 1 aromatic heterocycles. The zero-order valence-electron chi connectivity index (χ0n) is 21.1. The molecule has 0 spiro atoms. The second-order valence-corrected chi connectivity index (χ2v) is 11.0. The van der Waals surface area contributed by atoms with Crippen molar-refractivity contribution in [1.29, 1.82) is 0 Å². The van der Waals surface area contributed by atoms with Gasteiger partial charge in [-0.05, 0) is 80.8 Å². The molecule has 0 radical (unpaired) electrons. The van der Waals surface area contributed by atoms with Gasteiger partial charge in [-0.1, -0.05) is 72.8 Å². The molecule has 0 saturated carbocycles. The Hall–Kier alpha value is -3.92. The number of aliphatic imine (C=N–C) groups is 2. The molecule has 6 aromatic carbocycles. The Morgan fingerprint density at radius 2 is 0.850 bits per heavy atom. The molecule has 0 saturated heterocycles. The molecule has 0 bridgehead atoms. The Balaban J connectivity index is 0.000000925. The molecule has 0 N–H and O–H groups in total. The van der Waals surface area contributed by atoms with Crippen LogP contribution in [0.3, 0.4) is 0 Å². The van der Waals surface area contributed by atoms with Crippen LogP contribution < -0.4 is 0 Å². The van der Waals surface area contributed by atoms with Gasteiger partial charge in [0.2, 0.25) is 0 Å². The van der Waals surface area contributed by atoms with Gasteiger partial charge in [0.05, 0.1) is 23.8 Å². The molecule has 6 heteroatoms. The van der Waals surface area contributed by atoms with Crippen molar-refractivity contribution < 1.29 is 17.6 Å². The van der Waals surface area contributed by atoms with Crippen molar-refractivity contribution in [3.63, 3.8) is 0 Å². The molecule has 0 amide bonds. The Bertz CT molecular complexity index is 1890. The van der Waals surface area contributed by atoms with Gasteiger partial charge in [0.1, 0.15) is 11.5 Å². The quantitative estimate of drug-likeness (QED) is 0.112. The fourth-order valence-electron chi connectivity index (χ4n) is 4.90. The van der Waals surface area contributed by atoms with Gasteiger partial charge in [-0.25, -0.2) is 0 Å². The summed E-state index contributed by atoms with van der Waals surface area (Å²) in [6.45, 7) is 0. The number of halogens is 2. The third kappa shape index (κ3) is 5.67. The second-order valence-electron chi connectivity index (χ2n) is 9.20. The fourth-order valence-corrected chi connectivity index (χ4v) is 4.90. The minimum absolute atomic E-state index is 0.194. The average Bonchev–Trinajstić information content (AvgIpc) is 3.45. The third-order valence-corrected chi connectivity index (χ3v) is 6.76.